The summed E-state index contributed by atoms with van der Waals surface area (Å²) >= 11 is 3.11. The molecule has 0 aromatic carbocycles. The fourth-order valence-electron chi connectivity index (χ4n) is 3.84. The van der Waals surface area contributed by atoms with Gasteiger partial charge in [0.15, 0.2) is 0 Å². The lowest BCUT2D eigenvalue weighted by Crippen LogP contribution is -2.34. The maximum Gasteiger partial charge on any atom is 0.262 e. The highest BCUT2D eigenvalue weighted by atomic mass is 32.1. The Bertz CT molecular complexity index is 929. The summed E-state index contributed by atoms with van der Waals surface area (Å²) in [7, 11) is 2.13. The van der Waals surface area contributed by atoms with Gasteiger partial charge in [-0.3, -0.25) is 4.79 Å². The molecule has 0 atom stereocenters. The van der Waals surface area contributed by atoms with Gasteiger partial charge in [-0.25, -0.2) is 9.97 Å². The summed E-state index contributed by atoms with van der Waals surface area (Å²) in [6.07, 6.45) is 7.93. The van der Waals surface area contributed by atoms with E-state index in [1.165, 1.54) is 43.4 Å². The molecule has 0 spiro atoms. The molecule has 4 rings (SSSR count). The quantitative estimate of drug-likeness (QED) is 0.671. The molecule has 142 valence electrons. The summed E-state index contributed by atoms with van der Waals surface area (Å²) in [5.74, 6) is 0.924. The number of fused-ring (bicyclic) bond motifs is 1. The van der Waals surface area contributed by atoms with Crippen molar-refractivity contribution >= 4 is 44.6 Å². The molecule has 1 saturated carbocycles. The number of amides is 1. The summed E-state index contributed by atoms with van der Waals surface area (Å²) in [6, 6.07) is 4.55. The second-order valence-electron chi connectivity index (χ2n) is 7.10. The minimum atomic E-state index is -0.0323. The first-order valence-electron chi connectivity index (χ1n) is 9.42. The molecule has 1 aliphatic rings. The van der Waals surface area contributed by atoms with Crippen LogP contribution in [0.4, 0.5) is 5.82 Å². The van der Waals surface area contributed by atoms with Crippen LogP contribution in [0.25, 0.3) is 10.2 Å². The van der Waals surface area contributed by atoms with Crippen LogP contribution in [0.5, 0.6) is 0 Å². The molecule has 1 N–H and O–H groups in total. The highest BCUT2D eigenvalue weighted by molar-refractivity contribution is 7.20. The average Bonchev–Trinajstić information content (AvgIpc) is 3.34. The molecule has 0 aliphatic heterocycles. The molecular weight excluding hydrogens is 376 g/mol. The zero-order chi connectivity index (χ0) is 18.8. The third-order valence-electron chi connectivity index (χ3n) is 5.37. The number of aryl methyl sites for hydroxylation is 1. The van der Waals surface area contributed by atoms with Crippen LogP contribution < -0.4 is 10.2 Å². The molecule has 0 unspecified atom stereocenters. The first-order valence-corrected chi connectivity index (χ1v) is 11.1. The van der Waals surface area contributed by atoms with E-state index in [-0.39, 0.29) is 5.91 Å². The number of rotatable bonds is 5. The minimum Gasteiger partial charge on any atom is -0.356 e. The largest absolute Gasteiger partial charge is 0.356 e. The normalized spacial score (nSPS) is 15.2. The van der Waals surface area contributed by atoms with Gasteiger partial charge in [0.05, 0.1) is 16.8 Å². The van der Waals surface area contributed by atoms with E-state index in [0.29, 0.717) is 12.6 Å². The standard InChI is InChI=1S/C20H24N4OS2/c1-13-16-18(24(2)14-7-4-3-5-8-14)22-12-23-20(16)27-17(13)19(25)21-11-15-9-6-10-26-15/h6,9-10,12,14H,3-5,7-8,11H2,1-2H3,(H,21,25). The Hall–Kier alpha value is -1.99. The lowest BCUT2D eigenvalue weighted by Gasteiger charge is -2.32. The lowest BCUT2D eigenvalue weighted by atomic mass is 9.94. The van der Waals surface area contributed by atoms with Gasteiger partial charge in [-0.15, -0.1) is 22.7 Å². The van der Waals surface area contributed by atoms with Gasteiger partial charge in [-0.05, 0) is 36.8 Å². The van der Waals surface area contributed by atoms with E-state index in [1.54, 1.807) is 17.7 Å². The Labute approximate surface area is 167 Å². The fourth-order valence-corrected chi connectivity index (χ4v) is 5.54. The van der Waals surface area contributed by atoms with Crippen molar-refractivity contribution < 1.29 is 4.79 Å². The van der Waals surface area contributed by atoms with E-state index >= 15 is 0 Å². The molecular formula is C20H24N4OS2. The van der Waals surface area contributed by atoms with Gasteiger partial charge in [0.1, 0.15) is 17.0 Å². The molecule has 3 aromatic heterocycles. The molecule has 7 heteroatoms. The number of hydrogen-bond donors (Lipinski definition) is 1. The van der Waals surface area contributed by atoms with Crippen molar-refractivity contribution in [3.63, 3.8) is 0 Å². The van der Waals surface area contributed by atoms with Crippen molar-refractivity contribution in [2.24, 2.45) is 0 Å². The number of nitrogens with one attached hydrogen (secondary N) is 1. The third kappa shape index (κ3) is 3.71. The van der Waals surface area contributed by atoms with E-state index < -0.39 is 0 Å². The van der Waals surface area contributed by atoms with Crippen LogP contribution in [0.15, 0.2) is 23.8 Å². The Kier molecular flexibility index (Phi) is 5.41. The molecule has 0 bridgehead atoms. The van der Waals surface area contributed by atoms with Gasteiger partial charge in [0, 0.05) is 18.0 Å². The lowest BCUT2D eigenvalue weighted by molar-refractivity contribution is 0.0955. The van der Waals surface area contributed by atoms with Crippen molar-refractivity contribution in [3.05, 3.63) is 39.2 Å². The monoisotopic (exact) mass is 400 g/mol. The van der Waals surface area contributed by atoms with Crippen LogP contribution >= 0.6 is 22.7 Å². The second kappa shape index (κ2) is 7.94. The number of anilines is 1. The third-order valence-corrected chi connectivity index (χ3v) is 7.45. The van der Waals surface area contributed by atoms with Gasteiger partial charge < -0.3 is 10.2 Å². The van der Waals surface area contributed by atoms with Crippen LogP contribution in [0.1, 0.15) is 52.2 Å². The van der Waals surface area contributed by atoms with Gasteiger partial charge >= 0.3 is 0 Å². The van der Waals surface area contributed by atoms with Gasteiger partial charge in [-0.1, -0.05) is 25.3 Å². The average molecular weight is 401 g/mol. The molecule has 1 amide bonds. The van der Waals surface area contributed by atoms with E-state index in [0.717, 1.165) is 31.4 Å². The first-order chi connectivity index (χ1) is 13.1. The molecule has 1 fully saturated rings. The van der Waals surface area contributed by atoms with Crippen LogP contribution in [-0.2, 0) is 6.54 Å². The second-order valence-corrected chi connectivity index (χ2v) is 9.13. The fraction of sp³-hybridized carbons (Fsp3) is 0.450. The van der Waals surface area contributed by atoms with E-state index in [4.69, 9.17) is 0 Å². The van der Waals surface area contributed by atoms with Crippen molar-refractivity contribution in [1.29, 1.82) is 0 Å². The van der Waals surface area contributed by atoms with Crippen LogP contribution in [0.2, 0.25) is 0 Å². The molecule has 27 heavy (non-hydrogen) atoms. The highest BCUT2D eigenvalue weighted by Crippen LogP contribution is 2.36. The summed E-state index contributed by atoms with van der Waals surface area (Å²) in [6.45, 7) is 2.57. The molecule has 0 radical (unpaired) electrons. The number of nitrogens with zero attached hydrogens (tertiary/aromatic N) is 3. The zero-order valence-electron chi connectivity index (χ0n) is 15.7. The van der Waals surface area contributed by atoms with Crippen molar-refractivity contribution in [3.8, 4) is 0 Å². The van der Waals surface area contributed by atoms with E-state index in [2.05, 4.69) is 27.2 Å². The predicted molar refractivity (Wildman–Crippen MR) is 113 cm³/mol. The molecule has 0 saturated heterocycles. The number of carbonyl (C=O) groups excluding carboxylic acids is 1. The van der Waals surface area contributed by atoms with E-state index in [1.807, 2.05) is 24.4 Å². The maximum atomic E-state index is 12.8. The predicted octanol–water partition coefficient (Wildman–Crippen LogP) is 4.76. The Balaban J connectivity index is 1.62. The maximum absolute atomic E-state index is 12.8. The van der Waals surface area contributed by atoms with Crippen molar-refractivity contribution in [2.75, 3.05) is 11.9 Å². The molecule has 3 aromatic rings. The number of hydrogen-bond acceptors (Lipinski definition) is 6. The first kappa shape index (κ1) is 18.4. The topological polar surface area (TPSA) is 58.1 Å². The van der Waals surface area contributed by atoms with Crippen LogP contribution in [0.3, 0.4) is 0 Å². The number of carbonyl (C=O) groups is 1. The number of thiophene rings is 2. The Morgan fingerprint density at radius 3 is 2.85 bits per heavy atom. The van der Waals surface area contributed by atoms with Gasteiger partial charge in [-0.2, -0.15) is 0 Å². The Morgan fingerprint density at radius 1 is 1.30 bits per heavy atom. The minimum absolute atomic E-state index is 0.0323. The highest BCUT2D eigenvalue weighted by Gasteiger charge is 2.24. The SMILES string of the molecule is Cc1c(C(=O)NCc2cccs2)sc2ncnc(N(C)C3CCCCC3)c12. The summed E-state index contributed by atoms with van der Waals surface area (Å²) in [5.41, 5.74) is 0.983. The van der Waals surface area contributed by atoms with Crippen LogP contribution in [-0.4, -0.2) is 29.0 Å². The zero-order valence-corrected chi connectivity index (χ0v) is 17.3. The molecule has 3 heterocycles. The van der Waals surface area contributed by atoms with Gasteiger partial charge in [0.2, 0.25) is 0 Å². The van der Waals surface area contributed by atoms with Crippen LogP contribution in [0, 0.1) is 6.92 Å². The van der Waals surface area contributed by atoms with Gasteiger partial charge in [0.25, 0.3) is 5.91 Å². The van der Waals surface area contributed by atoms with Crippen molar-refractivity contribution in [2.45, 2.75) is 51.6 Å². The Morgan fingerprint density at radius 2 is 2.11 bits per heavy atom. The molecule has 5 nitrogen and oxygen atoms in total. The summed E-state index contributed by atoms with van der Waals surface area (Å²) < 4.78 is 0. The van der Waals surface area contributed by atoms with E-state index in [9.17, 15) is 4.79 Å². The smallest absolute Gasteiger partial charge is 0.262 e. The number of aromatic nitrogens is 2. The molecule has 1 aliphatic carbocycles. The summed E-state index contributed by atoms with van der Waals surface area (Å²) in [5, 5.41) is 6.08. The van der Waals surface area contributed by atoms with Crippen molar-refractivity contribution in [1.82, 2.24) is 15.3 Å². The summed E-state index contributed by atoms with van der Waals surface area (Å²) in [4.78, 5) is 26.9.